The van der Waals surface area contributed by atoms with Gasteiger partial charge in [-0.2, -0.15) is 0 Å². The van der Waals surface area contributed by atoms with Crippen molar-refractivity contribution in [1.82, 2.24) is 5.32 Å². The molecule has 2 nitrogen and oxygen atoms in total. The summed E-state index contributed by atoms with van der Waals surface area (Å²) in [7, 11) is 1.99. The predicted octanol–water partition coefficient (Wildman–Crippen LogP) is 1.57. The van der Waals surface area contributed by atoms with Gasteiger partial charge in [0.25, 0.3) is 0 Å². The van der Waals surface area contributed by atoms with Gasteiger partial charge in [-0.05, 0) is 32.7 Å². The van der Waals surface area contributed by atoms with E-state index in [-0.39, 0.29) is 17.9 Å². The molecule has 1 aliphatic carbocycles. The van der Waals surface area contributed by atoms with Crippen LogP contribution in [0, 0.1) is 5.92 Å². The summed E-state index contributed by atoms with van der Waals surface area (Å²) < 4.78 is 0. The molecule has 2 N–H and O–H groups in total. The quantitative estimate of drug-likeness (QED) is 0.698. The summed E-state index contributed by atoms with van der Waals surface area (Å²) in [5.41, 5.74) is 0.188. The van der Waals surface area contributed by atoms with Gasteiger partial charge in [0.1, 0.15) is 0 Å². The van der Waals surface area contributed by atoms with E-state index in [0.717, 1.165) is 0 Å². The lowest BCUT2D eigenvalue weighted by atomic mass is 9.74. The Morgan fingerprint density at radius 2 is 2.17 bits per heavy atom. The molecule has 0 aliphatic heterocycles. The number of aliphatic hydroxyl groups excluding tert-OH is 1. The second kappa shape index (κ2) is 5.05. The van der Waals surface area contributed by atoms with Crippen LogP contribution in [0.1, 0.15) is 32.6 Å². The van der Waals surface area contributed by atoms with Crippen molar-refractivity contribution in [3.8, 4) is 0 Å². The fraction of sp³-hybridized carbons (Fsp3) is 1.00. The lowest BCUT2D eigenvalue weighted by molar-refractivity contribution is 0.0989. The third-order valence-electron chi connectivity index (χ3n) is 3.19. The maximum absolute atomic E-state index is 9.12. The van der Waals surface area contributed by atoms with Crippen LogP contribution in [0.5, 0.6) is 0 Å². The van der Waals surface area contributed by atoms with Gasteiger partial charge in [0.05, 0.1) is 0 Å². The molecule has 0 saturated heterocycles. The van der Waals surface area contributed by atoms with Crippen molar-refractivity contribution >= 4 is 12.4 Å². The molecular formula is C9H20ClNO. The molecule has 0 aromatic heterocycles. The minimum absolute atomic E-state index is 0. The van der Waals surface area contributed by atoms with Crippen molar-refractivity contribution in [1.29, 1.82) is 0 Å². The van der Waals surface area contributed by atoms with E-state index in [2.05, 4.69) is 12.2 Å². The molecule has 74 valence electrons. The molecular weight excluding hydrogens is 174 g/mol. The van der Waals surface area contributed by atoms with Gasteiger partial charge in [0.2, 0.25) is 0 Å². The van der Waals surface area contributed by atoms with Crippen LogP contribution in [-0.4, -0.2) is 24.3 Å². The molecule has 12 heavy (non-hydrogen) atoms. The fourth-order valence-electron chi connectivity index (χ4n) is 2.03. The number of nitrogens with one attached hydrogen (secondary N) is 1. The second-order valence-electron chi connectivity index (χ2n) is 3.79. The molecule has 1 rings (SSSR count). The van der Waals surface area contributed by atoms with Crippen molar-refractivity contribution in [2.45, 2.75) is 38.1 Å². The molecule has 0 aromatic rings. The van der Waals surface area contributed by atoms with Gasteiger partial charge < -0.3 is 10.4 Å². The minimum Gasteiger partial charge on any atom is -0.396 e. The molecule has 1 aliphatic rings. The van der Waals surface area contributed by atoms with Gasteiger partial charge in [-0.3, -0.25) is 0 Å². The Morgan fingerprint density at radius 3 is 2.58 bits per heavy atom. The third kappa shape index (κ3) is 2.35. The summed E-state index contributed by atoms with van der Waals surface area (Å²) in [5.74, 6) is 0.459. The highest BCUT2D eigenvalue weighted by Gasteiger charge is 2.34. The standard InChI is InChI=1S/C9H19NO.ClH/c1-9(10-2)6-4-3-5-8(9)7-11;/h8,10-11H,3-7H2,1-2H3;1H/t8-,9-;/m0./s1. The summed E-state index contributed by atoms with van der Waals surface area (Å²) in [6, 6.07) is 0. The van der Waals surface area contributed by atoms with E-state index in [0.29, 0.717) is 12.5 Å². The number of hydrogen-bond acceptors (Lipinski definition) is 2. The largest absolute Gasteiger partial charge is 0.396 e. The first kappa shape index (κ1) is 12.2. The van der Waals surface area contributed by atoms with Gasteiger partial charge in [-0.15, -0.1) is 12.4 Å². The second-order valence-corrected chi connectivity index (χ2v) is 3.79. The van der Waals surface area contributed by atoms with Crippen LogP contribution in [0.2, 0.25) is 0 Å². The maximum atomic E-state index is 9.12. The average Bonchev–Trinajstić information content (AvgIpc) is 2.05. The molecule has 2 atom stereocenters. The Morgan fingerprint density at radius 1 is 1.50 bits per heavy atom. The van der Waals surface area contributed by atoms with Crippen molar-refractivity contribution in [3.63, 3.8) is 0 Å². The van der Waals surface area contributed by atoms with Crippen molar-refractivity contribution in [3.05, 3.63) is 0 Å². The molecule has 1 saturated carbocycles. The molecule has 1 fully saturated rings. The number of aliphatic hydroxyl groups is 1. The highest BCUT2D eigenvalue weighted by Crippen LogP contribution is 2.32. The summed E-state index contributed by atoms with van der Waals surface area (Å²) in [6.45, 7) is 2.55. The lowest BCUT2D eigenvalue weighted by Crippen LogP contribution is -2.50. The minimum atomic E-state index is 0. The Hall–Kier alpha value is 0.210. The summed E-state index contributed by atoms with van der Waals surface area (Å²) in [6.07, 6.45) is 4.96. The molecule has 0 amide bonds. The molecule has 0 bridgehead atoms. The summed E-state index contributed by atoms with van der Waals surface area (Å²) in [4.78, 5) is 0. The number of rotatable bonds is 2. The van der Waals surface area contributed by atoms with Crippen molar-refractivity contribution in [2.75, 3.05) is 13.7 Å². The van der Waals surface area contributed by atoms with Gasteiger partial charge in [0, 0.05) is 12.1 Å². The summed E-state index contributed by atoms with van der Waals surface area (Å²) >= 11 is 0. The average molecular weight is 194 g/mol. The zero-order valence-corrected chi connectivity index (χ0v) is 8.78. The van der Waals surface area contributed by atoms with Gasteiger partial charge in [-0.25, -0.2) is 0 Å². The normalized spacial score (nSPS) is 35.8. The molecule has 0 radical (unpaired) electrons. The lowest BCUT2D eigenvalue weighted by Gasteiger charge is -2.40. The maximum Gasteiger partial charge on any atom is 0.0476 e. The van der Waals surface area contributed by atoms with Crippen LogP contribution in [-0.2, 0) is 0 Å². The van der Waals surface area contributed by atoms with E-state index in [4.69, 9.17) is 5.11 Å². The number of hydrogen-bond donors (Lipinski definition) is 2. The molecule has 0 aromatic carbocycles. The van der Waals surface area contributed by atoms with Crippen LogP contribution < -0.4 is 5.32 Å². The van der Waals surface area contributed by atoms with Gasteiger partial charge >= 0.3 is 0 Å². The first-order chi connectivity index (χ1) is 5.23. The molecule has 0 spiro atoms. The first-order valence-electron chi connectivity index (χ1n) is 4.52. The van der Waals surface area contributed by atoms with Crippen LogP contribution >= 0.6 is 12.4 Å². The van der Waals surface area contributed by atoms with E-state index in [9.17, 15) is 0 Å². The third-order valence-corrected chi connectivity index (χ3v) is 3.19. The SMILES string of the molecule is CN[C@@]1(C)CCCC[C@H]1CO.Cl. The van der Waals surface area contributed by atoms with E-state index < -0.39 is 0 Å². The van der Waals surface area contributed by atoms with E-state index >= 15 is 0 Å². The van der Waals surface area contributed by atoms with Crippen LogP contribution in [0.15, 0.2) is 0 Å². The Bertz CT molecular complexity index is 132. The monoisotopic (exact) mass is 193 g/mol. The van der Waals surface area contributed by atoms with Gasteiger partial charge in [0.15, 0.2) is 0 Å². The Kier molecular flexibility index (Phi) is 5.14. The zero-order chi connectivity index (χ0) is 8.32. The summed E-state index contributed by atoms with van der Waals surface area (Å²) in [5, 5.41) is 12.4. The van der Waals surface area contributed by atoms with Crippen LogP contribution in [0.25, 0.3) is 0 Å². The van der Waals surface area contributed by atoms with Crippen LogP contribution in [0.4, 0.5) is 0 Å². The zero-order valence-electron chi connectivity index (χ0n) is 7.97. The highest BCUT2D eigenvalue weighted by molar-refractivity contribution is 5.85. The topological polar surface area (TPSA) is 32.3 Å². The Balaban J connectivity index is 0.00000121. The smallest absolute Gasteiger partial charge is 0.0476 e. The van der Waals surface area contributed by atoms with E-state index in [1.54, 1.807) is 0 Å². The highest BCUT2D eigenvalue weighted by atomic mass is 35.5. The van der Waals surface area contributed by atoms with Crippen LogP contribution in [0.3, 0.4) is 0 Å². The Labute approximate surface area is 81.2 Å². The molecule has 3 heteroatoms. The van der Waals surface area contributed by atoms with Crippen molar-refractivity contribution < 1.29 is 5.11 Å². The fourth-order valence-corrected chi connectivity index (χ4v) is 2.03. The number of halogens is 1. The first-order valence-corrected chi connectivity index (χ1v) is 4.52. The van der Waals surface area contributed by atoms with E-state index in [1.165, 1.54) is 25.7 Å². The van der Waals surface area contributed by atoms with Crippen molar-refractivity contribution in [2.24, 2.45) is 5.92 Å². The van der Waals surface area contributed by atoms with E-state index in [1.807, 2.05) is 7.05 Å². The molecule has 0 heterocycles. The predicted molar refractivity (Wildman–Crippen MR) is 53.8 cm³/mol. The molecule has 0 unspecified atom stereocenters. The van der Waals surface area contributed by atoms with Gasteiger partial charge in [-0.1, -0.05) is 12.8 Å².